The molecule has 0 radical (unpaired) electrons. The van der Waals surface area contributed by atoms with Gasteiger partial charge in [0.1, 0.15) is 5.01 Å². The monoisotopic (exact) mass is 270 g/mol. The number of hydrogen-bond acceptors (Lipinski definition) is 6. The molecule has 0 aliphatic carbocycles. The Balaban J connectivity index is 1.78. The Morgan fingerprint density at radius 1 is 1.61 bits per heavy atom. The highest BCUT2D eigenvalue weighted by atomic mass is 32.1. The average Bonchev–Trinajstić information content (AvgIpc) is 2.78. The zero-order valence-electron chi connectivity index (χ0n) is 10.4. The highest BCUT2D eigenvalue weighted by Gasteiger charge is 2.17. The lowest BCUT2D eigenvalue weighted by Crippen LogP contribution is -2.43. The Morgan fingerprint density at radius 3 is 3.22 bits per heavy atom. The van der Waals surface area contributed by atoms with Crippen molar-refractivity contribution in [2.24, 2.45) is 0 Å². The molecule has 1 aliphatic heterocycles. The molecule has 1 aliphatic rings. The molecule has 2 N–H and O–H groups in total. The first-order valence-electron chi connectivity index (χ1n) is 6.21. The second kappa shape index (κ2) is 6.77. The van der Waals surface area contributed by atoms with Gasteiger partial charge in [-0.3, -0.25) is 4.79 Å². The summed E-state index contributed by atoms with van der Waals surface area (Å²) in [4.78, 5) is 11.8. The third-order valence-corrected chi connectivity index (χ3v) is 3.51. The summed E-state index contributed by atoms with van der Waals surface area (Å²) in [5, 5.41) is 15.5. The lowest BCUT2D eigenvalue weighted by atomic mass is 10.2. The topological polar surface area (TPSA) is 76.1 Å². The maximum absolute atomic E-state index is 11.8. The summed E-state index contributed by atoms with van der Waals surface area (Å²) in [6.07, 6.45) is 2.35. The van der Waals surface area contributed by atoms with Gasteiger partial charge in [-0.25, -0.2) is 0 Å². The summed E-state index contributed by atoms with van der Waals surface area (Å²) < 4.78 is 5.30. The number of morpholine rings is 1. The van der Waals surface area contributed by atoms with Crippen LogP contribution in [0.3, 0.4) is 0 Å². The Morgan fingerprint density at radius 2 is 2.50 bits per heavy atom. The number of rotatable bonds is 5. The van der Waals surface area contributed by atoms with Crippen molar-refractivity contribution in [3.63, 3.8) is 0 Å². The van der Waals surface area contributed by atoms with Crippen molar-refractivity contribution in [2.75, 3.05) is 25.1 Å². The van der Waals surface area contributed by atoms with E-state index >= 15 is 0 Å². The molecule has 0 spiro atoms. The molecule has 6 nitrogen and oxygen atoms in total. The second-order valence-corrected chi connectivity index (χ2v) is 5.29. The van der Waals surface area contributed by atoms with E-state index in [-0.39, 0.29) is 11.9 Å². The summed E-state index contributed by atoms with van der Waals surface area (Å²) in [5.41, 5.74) is 0. The fourth-order valence-corrected chi connectivity index (χ4v) is 2.62. The number of ether oxygens (including phenoxy) is 1. The summed E-state index contributed by atoms with van der Waals surface area (Å²) in [6, 6.07) is 0.0989. The highest BCUT2D eigenvalue weighted by Crippen LogP contribution is 2.16. The van der Waals surface area contributed by atoms with Crippen molar-refractivity contribution in [1.29, 1.82) is 0 Å². The molecule has 1 atom stereocenters. The quantitative estimate of drug-likeness (QED) is 0.828. The van der Waals surface area contributed by atoms with Crippen LogP contribution in [-0.2, 0) is 16.0 Å². The van der Waals surface area contributed by atoms with Gasteiger partial charge in [0.2, 0.25) is 11.0 Å². The lowest BCUT2D eigenvalue weighted by Gasteiger charge is -2.22. The third-order valence-electron chi connectivity index (χ3n) is 2.61. The number of aryl methyl sites for hydroxylation is 1. The van der Waals surface area contributed by atoms with Gasteiger partial charge in [0.15, 0.2) is 0 Å². The predicted octanol–water partition coefficient (Wildman–Crippen LogP) is 0.808. The number of aromatic nitrogens is 2. The van der Waals surface area contributed by atoms with Gasteiger partial charge < -0.3 is 15.4 Å². The lowest BCUT2D eigenvalue weighted by molar-refractivity contribution is -0.117. The first-order chi connectivity index (χ1) is 8.78. The molecule has 2 rings (SSSR count). The molecule has 1 aromatic heterocycles. The maximum Gasteiger partial charge on any atom is 0.227 e. The molecule has 7 heteroatoms. The van der Waals surface area contributed by atoms with Gasteiger partial charge in [-0.2, -0.15) is 0 Å². The van der Waals surface area contributed by atoms with E-state index in [1.54, 1.807) is 0 Å². The van der Waals surface area contributed by atoms with Gasteiger partial charge in [0.05, 0.1) is 13.2 Å². The number of carbonyl (C=O) groups excluding carboxylic acids is 1. The normalized spacial score (nSPS) is 19.7. The van der Waals surface area contributed by atoms with E-state index in [4.69, 9.17) is 4.74 Å². The van der Waals surface area contributed by atoms with Crippen molar-refractivity contribution in [2.45, 2.75) is 32.2 Å². The number of amides is 1. The molecule has 1 amide bonds. The van der Waals surface area contributed by atoms with Crippen LogP contribution < -0.4 is 10.6 Å². The molecule has 0 saturated carbocycles. The number of anilines is 1. The smallest absolute Gasteiger partial charge is 0.227 e. The van der Waals surface area contributed by atoms with Crippen LogP contribution in [0.5, 0.6) is 0 Å². The Hall–Kier alpha value is -1.05. The average molecular weight is 270 g/mol. The molecule has 1 saturated heterocycles. The molecule has 1 unspecified atom stereocenters. The van der Waals surface area contributed by atoms with Crippen LogP contribution in [0.15, 0.2) is 0 Å². The maximum atomic E-state index is 11.8. The van der Waals surface area contributed by atoms with Crippen LogP contribution in [0.2, 0.25) is 0 Å². The number of nitrogens with zero attached hydrogens (tertiary/aromatic N) is 2. The molecule has 2 heterocycles. The van der Waals surface area contributed by atoms with Crippen LogP contribution in [0, 0.1) is 0 Å². The van der Waals surface area contributed by atoms with E-state index in [1.807, 2.05) is 0 Å². The zero-order valence-corrected chi connectivity index (χ0v) is 11.3. The van der Waals surface area contributed by atoms with Gasteiger partial charge in [0, 0.05) is 25.4 Å². The third kappa shape index (κ3) is 4.01. The molecular formula is C11H18N4O2S. The zero-order chi connectivity index (χ0) is 12.8. The van der Waals surface area contributed by atoms with Crippen molar-refractivity contribution < 1.29 is 9.53 Å². The summed E-state index contributed by atoms with van der Waals surface area (Å²) >= 11 is 1.44. The molecule has 0 bridgehead atoms. The van der Waals surface area contributed by atoms with Gasteiger partial charge in [-0.1, -0.05) is 18.3 Å². The van der Waals surface area contributed by atoms with Crippen LogP contribution in [0.4, 0.5) is 5.13 Å². The van der Waals surface area contributed by atoms with E-state index in [2.05, 4.69) is 27.8 Å². The highest BCUT2D eigenvalue weighted by molar-refractivity contribution is 7.15. The Labute approximate surface area is 110 Å². The molecule has 1 fully saturated rings. The van der Waals surface area contributed by atoms with Crippen molar-refractivity contribution in [3.8, 4) is 0 Å². The Bertz CT molecular complexity index is 390. The molecule has 100 valence electrons. The Kier molecular flexibility index (Phi) is 5.03. The number of nitrogens with one attached hydrogen (secondary N) is 2. The van der Waals surface area contributed by atoms with Crippen molar-refractivity contribution in [3.05, 3.63) is 5.01 Å². The minimum absolute atomic E-state index is 0.0443. The van der Waals surface area contributed by atoms with Crippen LogP contribution >= 0.6 is 11.3 Å². The van der Waals surface area contributed by atoms with E-state index in [0.717, 1.165) is 31.0 Å². The van der Waals surface area contributed by atoms with Gasteiger partial charge in [-0.15, -0.1) is 10.2 Å². The largest absolute Gasteiger partial charge is 0.378 e. The van der Waals surface area contributed by atoms with E-state index in [0.29, 0.717) is 18.2 Å². The second-order valence-electron chi connectivity index (χ2n) is 4.23. The SMILES string of the molecule is CCCc1nnc(NC(=O)CC2COCCN2)s1. The summed E-state index contributed by atoms with van der Waals surface area (Å²) in [7, 11) is 0. The van der Waals surface area contributed by atoms with E-state index in [9.17, 15) is 4.79 Å². The van der Waals surface area contributed by atoms with Gasteiger partial charge in [-0.05, 0) is 6.42 Å². The number of carbonyl (C=O) groups is 1. The summed E-state index contributed by atoms with van der Waals surface area (Å²) in [6.45, 7) is 4.20. The first kappa shape index (κ1) is 13.4. The molecule has 18 heavy (non-hydrogen) atoms. The van der Waals surface area contributed by atoms with Gasteiger partial charge in [0.25, 0.3) is 0 Å². The van der Waals surface area contributed by atoms with Crippen LogP contribution in [0.25, 0.3) is 0 Å². The molecular weight excluding hydrogens is 252 g/mol. The predicted molar refractivity (Wildman–Crippen MR) is 69.8 cm³/mol. The standard InChI is InChI=1S/C11H18N4O2S/c1-2-3-10-14-15-11(18-10)13-9(16)6-8-7-17-5-4-12-8/h8,12H,2-7H2,1H3,(H,13,15,16). The van der Waals surface area contributed by atoms with Crippen molar-refractivity contribution in [1.82, 2.24) is 15.5 Å². The minimum Gasteiger partial charge on any atom is -0.378 e. The van der Waals surface area contributed by atoms with E-state index < -0.39 is 0 Å². The van der Waals surface area contributed by atoms with Gasteiger partial charge >= 0.3 is 0 Å². The van der Waals surface area contributed by atoms with Crippen LogP contribution in [-0.4, -0.2) is 41.9 Å². The molecule has 0 aromatic carbocycles. The first-order valence-corrected chi connectivity index (χ1v) is 7.03. The fourth-order valence-electron chi connectivity index (χ4n) is 1.76. The summed E-state index contributed by atoms with van der Waals surface area (Å²) in [5.74, 6) is -0.0443. The fraction of sp³-hybridized carbons (Fsp3) is 0.727. The minimum atomic E-state index is -0.0443. The molecule has 1 aromatic rings. The van der Waals surface area contributed by atoms with Crippen LogP contribution in [0.1, 0.15) is 24.8 Å². The number of hydrogen-bond donors (Lipinski definition) is 2. The van der Waals surface area contributed by atoms with Crippen molar-refractivity contribution >= 4 is 22.4 Å². The van der Waals surface area contributed by atoms with E-state index in [1.165, 1.54) is 11.3 Å².